The van der Waals surface area contributed by atoms with Gasteiger partial charge in [-0.25, -0.2) is 4.98 Å². The second kappa shape index (κ2) is 7.60. The molecule has 0 aliphatic carbocycles. The van der Waals surface area contributed by atoms with Crippen LogP contribution >= 0.6 is 0 Å². The van der Waals surface area contributed by atoms with Gasteiger partial charge in [0, 0.05) is 25.6 Å². The zero-order valence-electron chi connectivity index (χ0n) is 14.2. The first-order chi connectivity index (χ1) is 12.6. The van der Waals surface area contributed by atoms with Crippen molar-refractivity contribution in [1.29, 1.82) is 0 Å². The van der Waals surface area contributed by atoms with Crippen molar-refractivity contribution in [2.24, 2.45) is 0 Å². The van der Waals surface area contributed by atoms with Crippen LogP contribution in [0, 0.1) is 0 Å². The van der Waals surface area contributed by atoms with Crippen molar-refractivity contribution in [2.45, 2.75) is 6.92 Å². The molecule has 2 aromatic carbocycles. The monoisotopic (exact) mass is 350 g/mol. The summed E-state index contributed by atoms with van der Waals surface area (Å²) in [6.07, 6.45) is 1.48. The molecule has 0 bridgehead atoms. The van der Waals surface area contributed by atoms with Gasteiger partial charge < -0.3 is 10.6 Å². The van der Waals surface area contributed by atoms with Crippen LogP contribution in [0.3, 0.4) is 0 Å². The maximum absolute atomic E-state index is 12.6. The lowest BCUT2D eigenvalue weighted by Crippen LogP contribution is -2.33. The first kappa shape index (κ1) is 17.3. The number of nitrogens with zero attached hydrogens (tertiary/aromatic N) is 2. The third-order valence-electron chi connectivity index (χ3n) is 3.86. The van der Waals surface area contributed by atoms with Crippen molar-refractivity contribution < 1.29 is 9.59 Å². The smallest absolute Gasteiger partial charge is 0.265 e. The lowest BCUT2D eigenvalue weighted by atomic mass is 10.2. The number of hydrogen-bond acceptors (Lipinski definition) is 4. The average Bonchev–Trinajstić information content (AvgIpc) is 2.66. The molecule has 132 valence electrons. The second-order valence-electron chi connectivity index (χ2n) is 5.72. The Hall–Kier alpha value is -3.48. The molecule has 0 radical (unpaired) electrons. The average molecular weight is 350 g/mol. The molecule has 0 saturated heterocycles. The number of para-hydroxylation sites is 1. The molecule has 0 aliphatic heterocycles. The van der Waals surface area contributed by atoms with E-state index in [1.807, 2.05) is 6.07 Å². The number of rotatable bonds is 5. The molecule has 2 amide bonds. The van der Waals surface area contributed by atoms with Crippen molar-refractivity contribution in [3.8, 4) is 5.69 Å². The van der Waals surface area contributed by atoms with Gasteiger partial charge in [-0.05, 0) is 36.4 Å². The lowest BCUT2D eigenvalue weighted by molar-refractivity contribution is -0.118. The van der Waals surface area contributed by atoms with Gasteiger partial charge in [0.2, 0.25) is 5.91 Å². The van der Waals surface area contributed by atoms with Gasteiger partial charge in [-0.3, -0.25) is 19.0 Å². The Morgan fingerprint density at radius 3 is 2.42 bits per heavy atom. The van der Waals surface area contributed by atoms with E-state index >= 15 is 0 Å². The quantitative estimate of drug-likeness (QED) is 0.677. The molecule has 26 heavy (non-hydrogen) atoms. The van der Waals surface area contributed by atoms with E-state index in [0.29, 0.717) is 35.2 Å². The molecule has 0 atom stereocenters. The minimum absolute atomic E-state index is 0.141. The third-order valence-corrected chi connectivity index (χ3v) is 3.86. The van der Waals surface area contributed by atoms with Crippen LogP contribution in [0.15, 0.2) is 59.7 Å². The Kier molecular flexibility index (Phi) is 5.07. The van der Waals surface area contributed by atoms with Crippen LogP contribution in [0.1, 0.15) is 17.3 Å². The van der Waals surface area contributed by atoms with Gasteiger partial charge in [0.05, 0.1) is 16.6 Å². The van der Waals surface area contributed by atoms with Crippen molar-refractivity contribution in [1.82, 2.24) is 20.2 Å². The van der Waals surface area contributed by atoms with Gasteiger partial charge in [-0.15, -0.1) is 0 Å². The largest absolute Gasteiger partial charge is 0.355 e. The van der Waals surface area contributed by atoms with E-state index in [1.165, 1.54) is 17.8 Å². The summed E-state index contributed by atoms with van der Waals surface area (Å²) in [6, 6.07) is 13.8. The molecule has 0 unspecified atom stereocenters. The summed E-state index contributed by atoms with van der Waals surface area (Å²) in [5, 5.41) is 5.86. The van der Waals surface area contributed by atoms with E-state index < -0.39 is 0 Å². The van der Waals surface area contributed by atoms with Crippen LogP contribution in [0.4, 0.5) is 0 Å². The molecule has 0 aliphatic rings. The fourth-order valence-electron chi connectivity index (χ4n) is 2.54. The van der Waals surface area contributed by atoms with E-state index in [0.717, 1.165) is 0 Å². The Morgan fingerprint density at radius 2 is 1.69 bits per heavy atom. The van der Waals surface area contributed by atoms with E-state index in [1.54, 1.807) is 42.5 Å². The van der Waals surface area contributed by atoms with E-state index in [2.05, 4.69) is 15.6 Å². The highest BCUT2D eigenvalue weighted by Gasteiger charge is 2.08. The fourth-order valence-corrected chi connectivity index (χ4v) is 2.54. The number of nitrogens with one attached hydrogen (secondary N) is 2. The molecule has 1 heterocycles. The molecule has 7 nitrogen and oxygen atoms in total. The first-order valence-electron chi connectivity index (χ1n) is 8.16. The number of benzene rings is 2. The number of carbonyl (C=O) groups is 2. The molecule has 7 heteroatoms. The Bertz CT molecular complexity index is 1010. The van der Waals surface area contributed by atoms with Crippen LogP contribution in [0.5, 0.6) is 0 Å². The highest BCUT2D eigenvalue weighted by Crippen LogP contribution is 2.10. The van der Waals surface area contributed by atoms with Crippen molar-refractivity contribution in [2.75, 3.05) is 13.1 Å². The zero-order chi connectivity index (χ0) is 18.5. The van der Waals surface area contributed by atoms with E-state index in [9.17, 15) is 14.4 Å². The number of carbonyl (C=O) groups excluding carboxylic acids is 2. The minimum atomic E-state index is -0.245. The van der Waals surface area contributed by atoms with Gasteiger partial charge in [0.25, 0.3) is 11.5 Å². The van der Waals surface area contributed by atoms with Crippen LogP contribution in [-0.4, -0.2) is 34.5 Å². The maximum Gasteiger partial charge on any atom is 0.265 e. The summed E-state index contributed by atoms with van der Waals surface area (Å²) in [4.78, 5) is 39.7. The van der Waals surface area contributed by atoms with Crippen LogP contribution < -0.4 is 16.2 Å². The van der Waals surface area contributed by atoms with Gasteiger partial charge >= 0.3 is 0 Å². The fraction of sp³-hybridized carbons (Fsp3) is 0.158. The second-order valence-corrected chi connectivity index (χ2v) is 5.72. The molecule has 1 aromatic heterocycles. The lowest BCUT2D eigenvalue weighted by Gasteiger charge is -2.09. The van der Waals surface area contributed by atoms with Gasteiger partial charge in [-0.1, -0.05) is 12.1 Å². The summed E-state index contributed by atoms with van der Waals surface area (Å²) >= 11 is 0. The molecular weight excluding hydrogens is 332 g/mol. The molecule has 0 saturated carbocycles. The molecule has 0 spiro atoms. The topological polar surface area (TPSA) is 93.1 Å². The van der Waals surface area contributed by atoms with Gasteiger partial charge in [0.15, 0.2) is 0 Å². The van der Waals surface area contributed by atoms with Crippen LogP contribution in [0.2, 0.25) is 0 Å². The molecular formula is C19H18N4O3. The molecule has 2 N–H and O–H groups in total. The number of aromatic nitrogens is 2. The maximum atomic E-state index is 12.6. The Morgan fingerprint density at radius 1 is 1.00 bits per heavy atom. The third kappa shape index (κ3) is 3.77. The van der Waals surface area contributed by atoms with Crippen molar-refractivity contribution in [3.05, 3.63) is 70.8 Å². The number of hydrogen-bond donors (Lipinski definition) is 2. The van der Waals surface area contributed by atoms with E-state index in [4.69, 9.17) is 0 Å². The minimum Gasteiger partial charge on any atom is -0.355 e. The zero-order valence-corrected chi connectivity index (χ0v) is 14.2. The standard InChI is InChI=1S/C19H18N4O3/c1-13(24)20-10-11-21-18(25)14-6-8-15(9-7-14)23-12-22-17-5-3-2-4-16(17)19(23)26/h2-9,12H,10-11H2,1H3,(H,20,24)(H,21,25). The molecule has 3 aromatic rings. The summed E-state index contributed by atoms with van der Waals surface area (Å²) in [5.41, 5.74) is 1.58. The van der Waals surface area contributed by atoms with Gasteiger partial charge in [0.1, 0.15) is 6.33 Å². The summed E-state index contributed by atoms with van der Waals surface area (Å²) in [7, 11) is 0. The predicted octanol–water partition coefficient (Wildman–Crippen LogP) is 1.25. The highest BCUT2D eigenvalue weighted by molar-refractivity contribution is 5.94. The summed E-state index contributed by atoms with van der Waals surface area (Å²) in [6.45, 7) is 2.13. The van der Waals surface area contributed by atoms with Crippen LogP contribution in [-0.2, 0) is 4.79 Å². The highest BCUT2D eigenvalue weighted by atomic mass is 16.2. The molecule has 0 fully saturated rings. The number of fused-ring (bicyclic) bond motifs is 1. The molecule has 3 rings (SSSR count). The SMILES string of the molecule is CC(=O)NCCNC(=O)c1ccc(-n2cnc3ccccc3c2=O)cc1. The Balaban J connectivity index is 1.75. The number of amides is 2. The Labute approximate surface area is 149 Å². The summed E-state index contributed by atoms with van der Waals surface area (Å²) < 4.78 is 1.45. The predicted molar refractivity (Wildman–Crippen MR) is 98.4 cm³/mol. The normalized spacial score (nSPS) is 10.5. The van der Waals surface area contributed by atoms with Crippen LogP contribution in [0.25, 0.3) is 16.6 Å². The van der Waals surface area contributed by atoms with Crippen molar-refractivity contribution >= 4 is 22.7 Å². The van der Waals surface area contributed by atoms with E-state index in [-0.39, 0.29) is 17.4 Å². The summed E-state index contributed by atoms with van der Waals surface area (Å²) in [5.74, 6) is -0.385. The van der Waals surface area contributed by atoms with Crippen molar-refractivity contribution in [3.63, 3.8) is 0 Å². The van der Waals surface area contributed by atoms with Gasteiger partial charge in [-0.2, -0.15) is 0 Å². The first-order valence-corrected chi connectivity index (χ1v) is 8.16.